The van der Waals surface area contributed by atoms with Gasteiger partial charge in [-0.05, 0) is 53.2 Å². The maximum Gasteiger partial charge on any atom is 0.275 e. The molecule has 1 N–H and O–H groups in total. The van der Waals surface area contributed by atoms with Gasteiger partial charge in [0.05, 0.1) is 4.47 Å². The van der Waals surface area contributed by atoms with Crippen molar-refractivity contribution in [3.63, 3.8) is 0 Å². The van der Waals surface area contributed by atoms with Gasteiger partial charge in [0.25, 0.3) is 5.91 Å². The molecule has 0 aliphatic heterocycles. The van der Waals surface area contributed by atoms with Crippen LogP contribution in [-0.2, 0) is 0 Å². The lowest BCUT2D eigenvalue weighted by atomic mass is 10.1. The number of carbonyl (C=O) groups excluding carboxylic acids is 1. The normalized spacial score (nSPS) is 10.4. The molecule has 0 atom stereocenters. The van der Waals surface area contributed by atoms with Crippen molar-refractivity contribution in [3.8, 4) is 0 Å². The topological polar surface area (TPSA) is 54.9 Å². The number of nitrogens with one attached hydrogen (secondary N) is 1. The van der Waals surface area contributed by atoms with Crippen molar-refractivity contribution in [3.05, 3.63) is 45.7 Å². The zero-order chi connectivity index (χ0) is 14.7. The molecule has 0 fully saturated rings. The summed E-state index contributed by atoms with van der Waals surface area (Å²) in [6.07, 6.45) is 3.46. The lowest BCUT2D eigenvalue weighted by Gasteiger charge is -2.10. The van der Waals surface area contributed by atoms with E-state index in [2.05, 4.69) is 31.2 Å². The lowest BCUT2D eigenvalue weighted by molar-refractivity contribution is 0.102. The molecule has 20 heavy (non-hydrogen) atoms. The van der Waals surface area contributed by atoms with Crippen molar-refractivity contribution in [2.24, 2.45) is 0 Å². The van der Waals surface area contributed by atoms with E-state index >= 15 is 0 Å². The van der Waals surface area contributed by atoms with Crippen molar-refractivity contribution in [2.75, 3.05) is 11.6 Å². The standard InChI is InChI=1S/C14H14BrN3OS/c1-8-4-5-9(2)11(6-8)17-13(19)12-10(15)7-16-14(18-12)20-3/h4-7H,1-3H3,(H,17,19). The highest BCUT2D eigenvalue weighted by Crippen LogP contribution is 2.21. The summed E-state index contributed by atoms with van der Waals surface area (Å²) in [7, 11) is 0. The number of anilines is 1. The molecule has 4 nitrogen and oxygen atoms in total. The maximum absolute atomic E-state index is 12.3. The number of thioether (sulfide) groups is 1. The average Bonchev–Trinajstić information content (AvgIpc) is 2.43. The molecule has 104 valence electrons. The number of halogens is 1. The molecule has 6 heteroatoms. The lowest BCUT2D eigenvalue weighted by Crippen LogP contribution is -2.16. The van der Waals surface area contributed by atoms with Crippen LogP contribution in [0, 0.1) is 13.8 Å². The molecule has 0 aliphatic carbocycles. The smallest absolute Gasteiger partial charge is 0.275 e. The van der Waals surface area contributed by atoms with Crippen LogP contribution in [0.25, 0.3) is 0 Å². The predicted octanol–water partition coefficient (Wildman–Crippen LogP) is 3.83. The van der Waals surface area contributed by atoms with Crippen molar-refractivity contribution in [1.29, 1.82) is 0 Å². The van der Waals surface area contributed by atoms with Gasteiger partial charge in [-0.2, -0.15) is 0 Å². The fourth-order valence-electron chi connectivity index (χ4n) is 1.66. The number of amides is 1. The Balaban J connectivity index is 2.30. The zero-order valence-corrected chi connectivity index (χ0v) is 13.8. The Morgan fingerprint density at radius 1 is 1.35 bits per heavy atom. The Kier molecular flexibility index (Phi) is 4.77. The molecule has 0 saturated carbocycles. The molecule has 0 spiro atoms. The van der Waals surface area contributed by atoms with E-state index < -0.39 is 0 Å². The summed E-state index contributed by atoms with van der Waals surface area (Å²) in [6.45, 7) is 3.94. The third-order valence-corrected chi connectivity index (χ3v) is 3.90. The summed E-state index contributed by atoms with van der Waals surface area (Å²) in [6, 6.07) is 5.93. The van der Waals surface area contributed by atoms with Gasteiger partial charge in [-0.1, -0.05) is 23.9 Å². The van der Waals surface area contributed by atoms with Crippen LogP contribution in [0.2, 0.25) is 0 Å². The Morgan fingerprint density at radius 2 is 2.10 bits per heavy atom. The van der Waals surface area contributed by atoms with Crippen LogP contribution in [0.4, 0.5) is 5.69 Å². The molecule has 0 unspecified atom stereocenters. The molecule has 1 amide bonds. The first-order valence-corrected chi connectivity index (χ1v) is 7.98. The van der Waals surface area contributed by atoms with Gasteiger partial charge in [-0.25, -0.2) is 9.97 Å². The number of aromatic nitrogens is 2. The number of benzene rings is 1. The van der Waals surface area contributed by atoms with Gasteiger partial charge in [0.15, 0.2) is 5.16 Å². The minimum absolute atomic E-state index is 0.247. The van der Waals surface area contributed by atoms with E-state index in [1.807, 2.05) is 38.3 Å². The molecule has 1 aromatic heterocycles. The maximum atomic E-state index is 12.3. The fourth-order valence-corrected chi connectivity index (χ4v) is 2.37. The quantitative estimate of drug-likeness (QED) is 0.674. The van der Waals surface area contributed by atoms with Gasteiger partial charge in [-0.15, -0.1) is 0 Å². The monoisotopic (exact) mass is 351 g/mol. The van der Waals surface area contributed by atoms with Gasteiger partial charge in [0.2, 0.25) is 0 Å². The number of aryl methyl sites for hydroxylation is 2. The Labute approximate surface area is 130 Å². The molecular formula is C14H14BrN3OS. The van der Waals surface area contributed by atoms with Crippen LogP contribution in [-0.4, -0.2) is 22.1 Å². The van der Waals surface area contributed by atoms with Crippen LogP contribution < -0.4 is 5.32 Å². The molecule has 0 aliphatic rings. The molecule has 0 saturated heterocycles. The molecule has 2 rings (SSSR count). The minimum Gasteiger partial charge on any atom is -0.320 e. The molecule has 0 radical (unpaired) electrons. The third-order valence-electron chi connectivity index (χ3n) is 2.76. The first-order valence-electron chi connectivity index (χ1n) is 5.96. The second-order valence-electron chi connectivity index (χ2n) is 4.33. The number of hydrogen-bond donors (Lipinski definition) is 1. The van der Waals surface area contributed by atoms with Crippen LogP contribution >= 0.6 is 27.7 Å². The molecule has 1 heterocycles. The highest BCUT2D eigenvalue weighted by Gasteiger charge is 2.14. The first kappa shape index (κ1) is 15.0. The highest BCUT2D eigenvalue weighted by atomic mass is 79.9. The van der Waals surface area contributed by atoms with Crippen molar-refractivity contribution in [1.82, 2.24) is 9.97 Å². The number of hydrogen-bond acceptors (Lipinski definition) is 4. The van der Waals surface area contributed by atoms with Gasteiger partial charge in [0.1, 0.15) is 5.69 Å². The van der Waals surface area contributed by atoms with Crippen LogP contribution in [0.1, 0.15) is 21.6 Å². The molecule has 0 bridgehead atoms. The van der Waals surface area contributed by atoms with Gasteiger partial charge in [0, 0.05) is 11.9 Å². The van der Waals surface area contributed by atoms with E-state index in [4.69, 9.17) is 0 Å². The van der Waals surface area contributed by atoms with Crippen LogP contribution in [0.3, 0.4) is 0 Å². The van der Waals surface area contributed by atoms with E-state index in [-0.39, 0.29) is 5.91 Å². The summed E-state index contributed by atoms with van der Waals surface area (Å²) >= 11 is 4.71. The van der Waals surface area contributed by atoms with E-state index in [1.165, 1.54) is 11.8 Å². The SMILES string of the molecule is CSc1ncc(Br)c(C(=O)Nc2cc(C)ccc2C)n1. The van der Waals surface area contributed by atoms with E-state index in [1.54, 1.807) is 6.20 Å². The summed E-state index contributed by atoms with van der Waals surface area (Å²) in [5.74, 6) is -0.247. The summed E-state index contributed by atoms with van der Waals surface area (Å²) in [5, 5.41) is 3.46. The van der Waals surface area contributed by atoms with E-state index in [0.717, 1.165) is 16.8 Å². The van der Waals surface area contributed by atoms with Crippen molar-refractivity contribution < 1.29 is 4.79 Å². The van der Waals surface area contributed by atoms with E-state index in [9.17, 15) is 4.79 Å². The summed E-state index contributed by atoms with van der Waals surface area (Å²) in [4.78, 5) is 20.7. The van der Waals surface area contributed by atoms with Gasteiger partial charge in [-0.3, -0.25) is 4.79 Å². The summed E-state index contributed by atoms with van der Waals surface area (Å²) in [5.41, 5.74) is 3.24. The van der Waals surface area contributed by atoms with Crippen LogP contribution in [0.5, 0.6) is 0 Å². The first-order chi connectivity index (χ1) is 9.51. The van der Waals surface area contributed by atoms with Crippen molar-refractivity contribution in [2.45, 2.75) is 19.0 Å². The molecule has 2 aromatic rings. The second-order valence-corrected chi connectivity index (χ2v) is 5.95. The highest BCUT2D eigenvalue weighted by molar-refractivity contribution is 9.10. The molecular weight excluding hydrogens is 338 g/mol. The van der Waals surface area contributed by atoms with Crippen molar-refractivity contribution >= 4 is 39.3 Å². The van der Waals surface area contributed by atoms with Gasteiger partial charge < -0.3 is 5.32 Å². The Bertz CT molecular complexity index is 661. The number of nitrogens with zero attached hydrogens (tertiary/aromatic N) is 2. The Morgan fingerprint density at radius 3 is 2.80 bits per heavy atom. The van der Waals surface area contributed by atoms with E-state index in [0.29, 0.717) is 15.3 Å². The largest absolute Gasteiger partial charge is 0.320 e. The van der Waals surface area contributed by atoms with Gasteiger partial charge >= 0.3 is 0 Å². The average molecular weight is 352 g/mol. The minimum atomic E-state index is -0.247. The van der Waals surface area contributed by atoms with Crippen LogP contribution in [0.15, 0.2) is 34.0 Å². The molecule has 1 aromatic carbocycles. The Hall–Kier alpha value is -1.40. The zero-order valence-electron chi connectivity index (χ0n) is 11.4. The number of rotatable bonds is 3. The predicted molar refractivity (Wildman–Crippen MR) is 85.4 cm³/mol. The summed E-state index contributed by atoms with van der Waals surface area (Å²) < 4.78 is 0.582. The fraction of sp³-hybridized carbons (Fsp3) is 0.214. The third kappa shape index (κ3) is 3.37. The number of carbonyl (C=O) groups is 1. The second kappa shape index (κ2) is 6.37.